The predicted molar refractivity (Wildman–Crippen MR) is 80.3 cm³/mol. The summed E-state index contributed by atoms with van der Waals surface area (Å²) in [6.45, 7) is 7.07. The van der Waals surface area contributed by atoms with Crippen molar-refractivity contribution in [2.24, 2.45) is 5.41 Å². The molecular formula is C17H25NO2. The van der Waals surface area contributed by atoms with E-state index in [0.717, 1.165) is 12.1 Å². The van der Waals surface area contributed by atoms with Crippen LogP contribution in [0.3, 0.4) is 0 Å². The van der Waals surface area contributed by atoms with Crippen molar-refractivity contribution in [2.75, 3.05) is 6.54 Å². The number of ether oxygens (including phenoxy) is 1. The maximum atomic E-state index is 11.7. The molecule has 1 aliphatic heterocycles. The van der Waals surface area contributed by atoms with Crippen LogP contribution >= 0.6 is 0 Å². The van der Waals surface area contributed by atoms with Crippen LogP contribution in [-0.2, 0) is 16.1 Å². The lowest BCUT2D eigenvalue weighted by molar-refractivity contribution is -0.154. The number of hydrogen-bond donors (Lipinski definition) is 1. The highest BCUT2D eigenvalue weighted by molar-refractivity contribution is 5.75. The monoisotopic (exact) mass is 275 g/mol. The zero-order valence-corrected chi connectivity index (χ0v) is 12.7. The standard InChI is InChI=1S/C17H25NO2/c1-17(2,3)16(19)20-12-13-7-9-14(10-8-13)15-6-4-5-11-18-15/h7-10,15,18H,4-6,11-12H2,1-3H3. The van der Waals surface area contributed by atoms with E-state index in [2.05, 4.69) is 29.6 Å². The molecule has 0 aliphatic carbocycles. The molecule has 0 aromatic heterocycles. The van der Waals surface area contributed by atoms with Crippen molar-refractivity contribution in [3.05, 3.63) is 35.4 Å². The van der Waals surface area contributed by atoms with Crippen molar-refractivity contribution in [3.63, 3.8) is 0 Å². The third-order valence-electron chi connectivity index (χ3n) is 3.67. The van der Waals surface area contributed by atoms with E-state index < -0.39 is 5.41 Å². The molecule has 1 fully saturated rings. The molecule has 0 bridgehead atoms. The van der Waals surface area contributed by atoms with Gasteiger partial charge in [0.15, 0.2) is 0 Å². The number of rotatable bonds is 3. The van der Waals surface area contributed by atoms with E-state index in [1.54, 1.807) is 0 Å². The van der Waals surface area contributed by atoms with E-state index >= 15 is 0 Å². The van der Waals surface area contributed by atoms with E-state index in [4.69, 9.17) is 4.74 Å². The highest BCUT2D eigenvalue weighted by Crippen LogP contribution is 2.23. The average molecular weight is 275 g/mol. The Hall–Kier alpha value is -1.35. The van der Waals surface area contributed by atoms with Crippen molar-refractivity contribution in [2.45, 2.75) is 52.7 Å². The molecule has 1 atom stereocenters. The second-order valence-electron chi connectivity index (χ2n) is 6.57. The van der Waals surface area contributed by atoms with Gasteiger partial charge in [0, 0.05) is 6.04 Å². The first kappa shape index (κ1) is 15.0. The van der Waals surface area contributed by atoms with Crippen LogP contribution in [0.15, 0.2) is 24.3 Å². The number of piperidine rings is 1. The zero-order chi connectivity index (χ0) is 14.6. The van der Waals surface area contributed by atoms with Gasteiger partial charge in [-0.05, 0) is 51.3 Å². The van der Waals surface area contributed by atoms with Crippen molar-refractivity contribution < 1.29 is 9.53 Å². The Morgan fingerprint density at radius 1 is 1.25 bits per heavy atom. The van der Waals surface area contributed by atoms with Crippen molar-refractivity contribution in [3.8, 4) is 0 Å². The zero-order valence-electron chi connectivity index (χ0n) is 12.7. The Morgan fingerprint density at radius 2 is 1.95 bits per heavy atom. The molecule has 0 amide bonds. The van der Waals surface area contributed by atoms with E-state index in [-0.39, 0.29) is 5.97 Å². The summed E-state index contributed by atoms with van der Waals surface area (Å²) in [5, 5.41) is 3.54. The molecule has 3 nitrogen and oxygen atoms in total. The molecule has 0 radical (unpaired) electrons. The summed E-state index contributed by atoms with van der Waals surface area (Å²) < 4.78 is 5.32. The highest BCUT2D eigenvalue weighted by Gasteiger charge is 2.23. The van der Waals surface area contributed by atoms with E-state index in [9.17, 15) is 4.79 Å². The number of benzene rings is 1. The van der Waals surface area contributed by atoms with Crippen molar-refractivity contribution in [1.82, 2.24) is 5.32 Å². The summed E-state index contributed by atoms with van der Waals surface area (Å²) in [5.41, 5.74) is 1.93. The molecule has 1 saturated heterocycles. The van der Waals surface area contributed by atoms with Gasteiger partial charge >= 0.3 is 5.97 Å². The fourth-order valence-corrected chi connectivity index (χ4v) is 2.35. The summed E-state index contributed by atoms with van der Waals surface area (Å²) in [5.74, 6) is -0.157. The molecule has 1 aromatic rings. The minimum atomic E-state index is -0.439. The molecular weight excluding hydrogens is 250 g/mol. The summed E-state index contributed by atoms with van der Waals surface area (Å²) >= 11 is 0. The first-order chi connectivity index (χ1) is 9.47. The van der Waals surface area contributed by atoms with E-state index in [1.807, 2.05) is 20.8 Å². The minimum absolute atomic E-state index is 0.157. The van der Waals surface area contributed by atoms with Gasteiger partial charge in [0.05, 0.1) is 5.41 Å². The van der Waals surface area contributed by atoms with Gasteiger partial charge in [0.2, 0.25) is 0 Å². The lowest BCUT2D eigenvalue weighted by Crippen LogP contribution is -2.26. The van der Waals surface area contributed by atoms with E-state index in [1.165, 1.54) is 24.8 Å². The Morgan fingerprint density at radius 3 is 2.50 bits per heavy atom. The molecule has 1 unspecified atom stereocenters. The summed E-state index contributed by atoms with van der Waals surface area (Å²) in [4.78, 5) is 11.7. The van der Waals surface area contributed by atoms with Crippen molar-refractivity contribution >= 4 is 5.97 Å². The van der Waals surface area contributed by atoms with Crippen LogP contribution in [0, 0.1) is 5.41 Å². The van der Waals surface area contributed by atoms with Crippen LogP contribution in [-0.4, -0.2) is 12.5 Å². The van der Waals surface area contributed by atoms with Crippen molar-refractivity contribution in [1.29, 1.82) is 0 Å². The first-order valence-corrected chi connectivity index (χ1v) is 7.46. The number of nitrogens with one attached hydrogen (secondary N) is 1. The second kappa shape index (κ2) is 6.40. The Balaban J connectivity index is 1.90. The van der Waals surface area contributed by atoms with Gasteiger partial charge in [0.1, 0.15) is 6.61 Å². The molecule has 0 spiro atoms. The van der Waals surface area contributed by atoms with Crippen LogP contribution in [0.25, 0.3) is 0 Å². The molecule has 20 heavy (non-hydrogen) atoms. The van der Waals surface area contributed by atoms with Crippen LogP contribution in [0.1, 0.15) is 57.2 Å². The van der Waals surface area contributed by atoms with E-state index in [0.29, 0.717) is 12.6 Å². The van der Waals surface area contributed by atoms with Crippen LogP contribution < -0.4 is 5.32 Å². The lowest BCUT2D eigenvalue weighted by atomic mass is 9.96. The topological polar surface area (TPSA) is 38.3 Å². The van der Waals surface area contributed by atoms with Crippen LogP contribution in [0.5, 0.6) is 0 Å². The number of esters is 1. The largest absolute Gasteiger partial charge is 0.460 e. The Bertz CT molecular complexity index is 439. The molecule has 110 valence electrons. The normalized spacial score (nSPS) is 19.6. The molecule has 1 heterocycles. The number of hydrogen-bond acceptors (Lipinski definition) is 3. The fraction of sp³-hybridized carbons (Fsp3) is 0.588. The number of carbonyl (C=O) groups excluding carboxylic acids is 1. The SMILES string of the molecule is CC(C)(C)C(=O)OCc1ccc(C2CCCCN2)cc1. The molecule has 2 rings (SSSR count). The molecule has 1 N–H and O–H groups in total. The third kappa shape index (κ3) is 4.07. The maximum Gasteiger partial charge on any atom is 0.311 e. The smallest absolute Gasteiger partial charge is 0.311 e. The van der Waals surface area contributed by atoms with Gasteiger partial charge < -0.3 is 10.1 Å². The van der Waals surface area contributed by atoms with Gasteiger partial charge in [0.25, 0.3) is 0 Å². The summed E-state index contributed by atoms with van der Waals surface area (Å²) in [6.07, 6.45) is 3.78. The minimum Gasteiger partial charge on any atom is -0.460 e. The van der Waals surface area contributed by atoms with Gasteiger partial charge in [-0.3, -0.25) is 4.79 Å². The maximum absolute atomic E-state index is 11.7. The molecule has 0 saturated carbocycles. The Labute approximate surface area is 121 Å². The highest BCUT2D eigenvalue weighted by atomic mass is 16.5. The molecule has 3 heteroatoms. The lowest BCUT2D eigenvalue weighted by Gasteiger charge is -2.24. The molecule has 1 aromatic carbocycles. The summed E-state index contributed by atoms with van der Waals surface area (Å²) in [6, 6.07) is 8.88. The predicted octanol–water partition coefficient (Wildman–Crippen LogP) is 3.59. The van der Waals surface area contributed by atoms with Gasteiger partial charge in [-0.25, -0.2) is 0 Å². The fourth-order valence-electron chi connectivity index (χ4n) is 2.35. The second-order valence-corrected chi connectivity index (χ2v) is 6.57. The van der Waals surface area contributed by atoms with Gasteiger partial charge in [-0.2, -0.15) is 0 Å². The molecule has 1 aliphatic rings. The Kier molecular flexibility index (Phi) is 4.81. The third-order valence-corrected chi connectivity index (χ3v) is 3.67. The number of carbonyl (C=O) groups is 1. The quantitative estimate of drug-likeness (QED) is 0.857. The summed E-state index contributed by atoms with van der Waals surface area (Å²) in [7, 11) is 0. The van der Waals surface area contributed by atoms with Crippen LogP contribution in [0.2, 0.25) is 0 Å². The van der Waals surface area contributed by atoms with Crippen LogP contribution in [0.4, 0.5) is 0 Å². The first-order valence-electron chi connectivity index (χ1n) is 7.46. The van der Waals surface area contributed by atoms with Gasteiger partial charge in [-0.1, -0.05) is 30.7 Å². The average Bonchev–Trinajstić information content (AvgIpc) is 2.45. The van der Waals surface area contributed by atoms with Gasteiger partial charge in [-0.15, -0.1) is 0 Å².